The Morgan fingerprint density at radius 1 is 1.16 bits per heavy atom. The molecule has 5 nitrogen and oxygen atoms in total. The number of aliphatic carboxylic acids is 1. The van der Waals surface area contributed by atoms with Crippen LogP contribution in [-0.4, -0.2) is 52.6 Å². The van der Waals surface area contributed by atoms with Crippen molar-refractivity contribution in [3.63, 3.8) is 0 Å². The molecule has 2 rings (SSSR count). The molecule has 2 aliphatic heterocycles. The van der Waals surface area contributed by atoms with Crippen LogP contribution >= 0.6 is 0 Å². The summed E-state index contributed by atoms with van der Waals surface area (Å²) in [5.41, 5.74) is 0. The molecule has 0 bridgehead atoms. The predicted octanol–water partition coefficient (Wildman–Crippen LogP) is 2.17. The average Bonchev–Trinajstić information content (AvgIpc) is 2.77. The molecule has 2 unspecified atom stereocenters. The molecule has 0 radical (unpaired) electrons. The van der Waals surface area contributed by atoms with Gasteiger partial charge in [0.25, 0.3) is 0 Å². The van der Waals surface area contributed by atoms with Gasteiger partial charge in [0.05, 0.1) is 5.92 Å². The van der Waals surface area contributed by atoms with E-state index in [1.165, 1.54) is 12.8 Å². The van der Waals surface area contributed by atoms with Crippen LogP contribution in [0.3, 0.4) is 0 Å². The van der Waals surface area contributed by atoms with Crippen LogP contribution in [0, 0.1) is 5.92 Å². The summed E-state index contributed by atoms with van der Waals surface area (Å²) in [5, 5.41) is 9.01. The SMILES string of the molecule is CCC1CCCCCN1C(=O)N1CCC(C(=O)O)C1. The molecule has 0 aromatic carbocycles. The summed E-state index contributed by atoms with van der Waals surface area (Å²) in [4.78, 5) is 27.2. The first-order valence-corrected chi connectivity index (χ1v) is 7.41. The lowest BCUT2D eigenvalue weighted by Crippen LogP contribution is -2.47. The molecule has 0 aromatic rings. The highest BCUT2D eigenvalue weighted by molar-refractivity contribution is 5.77. The molecule has 0 aliphatic carbocycles. The van der Waals surface area contributed by atoms with Gasteiger partial charge in [0, 0.05) is 25.7 Å². The van der Waals surface area contributed by atoms with Crippen molar-refractivity contribution in [2.24, 2.45) is 5.92 Å². The minimum absolute atomic E-state index is 0.0532. The van der Waals surface area contributed by atoms with E-state index in [9.17, 15) is 9.59 Å². The van der Waals surface area contributed by atoms with Crippen molar-refractivity contribution in [1.82, 2.24) is 9.80 Å². The van der Waals surface area contributed by atoms with Crippen molar-refractivity contribution in [2.75, 3.05) is 19.6 Å². The van der Waals surface area contributed by atoms with Crippen LogP contribution in [0.15, 0.2) is 0 Å². The number of likely N-dealkylation sites (tertiary alicyclic amines) is 2. The van der Waals surface area contributed by atoms with E-state index in [2.05, 4.69) is 6.92 Å². The van der Waals surface area contributed by atoms with E-state index in [4.69, 9.17) is 5.11 Å². The highest BCUT2D eigenvalue weighted by Crippen LogP contribution is 2.23. The highest BCUT2D eigenvalue weighted by Gasteiger charge is 2.35. The van der Waals surface area contributed by atoms with Crippen LogP contribution in [0.2, 0.25) is 0 Å². The van der Waals surface area contributed by atoms with Crippen LogP contribution in [0.5, 0.6) is 0 Å². The lowest BCUT2D eigenvalue weighted by molar-refractivity contribution is -0.141. The molecular formula is C14H24N2O3. The standard InChI is InChI=1S/C14H24N2O3/c1-2-12-6-4-3-5-8-16(12)14(19)15-9-7-11(10-15)13(17)18/h11-12H,2-10H2,1H3,(H,17,18). The number of rotatable bonds is 2. The van der Waals surface area contributed by atoms with Gasteiger partial charge < -0.3 is 14.9 Å². The molecule has 0 aromatic heterocycles. The first-order chi connectivity index (χ1) is 9.13. The minimum atomic E-state index is -0.779. The number of carboxylic acids is 1. The Labute approximate surface area is 114 Å². The van der Waals surface area contributed by atoms with Gasteiger partial charge >= 0.3 is 12.0 Å². The van der Waals surface area contributed by atoms with Crippen LogP contribution in [0.1, 0.15) is 45.4 Å². The molecule has 2 heterocycles. The van der Waals surface area contributed by atoms with Crippen molar-refractivity contribution in [1.29, 1.82) is 0 Å². The van der Waals surface area contributed by atoms with Crippen LogP contribution in [0.4, 0.5) is 4.79 Å². The number of nitrogens with zero attached hydrogens (tertiary/aromatic N) is 2. The summed E-state index contributed by atoms with van der Waals surface area (Å²) in [6.07, 6.45) is 6.11. The normalized spacial score (nSPS) is 28.3. The average molecular weight is 268 g/mol. The van der Waals surface area contributed by atoms with Gasteiger partial charge in [-0.15, -0.1) is 0 Å². The quantitative estimate of drug-likeness (QED) is 0.835. The number of carbonyl (C=O) groups is 2. The van der Waals surface area contributed by atoms with Gasteiger partial charge in [-0.2, -0.15) is 0 Å². The number of hydrogen-bond donors (Lipinski definition) is 1. The van der Waals surface area contributed by atoms with E-state index in [0.29, 0.717) is 25.6 Å². The van der Waals surface area contributed by atoms with Crippen LogP contribution in [-0.2, 0) is 4.79 Å². The third-order valence-electron chi connectivity index (χ3n) is 4.40. The van der Waals surface area contributed by atoms with Gasteiger partial charge in [0.1, 0.15) is 0 Å². The Morgan fingerprint density at radius 2 is 1.95 bits per heavy atom. The third kappa shape index (κ3) is 3.19. The molecule has 5 heteroatoms. The molecule has 1 N–H and O–H groups in total. The topological polar surface area (TPSA) is 60.9 Å². The second-order valence-corrected chi connectivity index (χ2v) is 5.66. The van der Waals surface area contributed by atoms with E-state index < -0.39 is 5.97 Å². The fourth-order valence-electron chi connectivity index (χ4n) is 3.17. The van der Waals surface area contributed by atoms with Crippen LogP contribution < -0.4 is 0 Å². The third-order valence-corrected chi connectivity index (χ3v) is 4.40. The van der Waals surface area contributed by atoms with Crippen molar-refractivity contribution in [3.8, 4) is 0 Å². The number of amides is 2. The summed E-state index contributed by atoms with van der Waals surface area (Å²) >= 11 is 0. The number of hydrogen-bond acceptors (Lipinski definition) is 2. The lowest BCUT2D eigenvalue weighted by Gasteiger charge is -2.33. The van der Waals surface area contributed by atoms with Gasteiger partial charge in [-0.3, -0.25) is 4.79 Å². The monoisotopic (exact) mass is 268 g/mol. The van der Waals surface area contributed by atoms with Gasteiger partial charge in [-0.1, -0.05) is 19.8 Å². The van der Waals surface area contributed by atoms with Crippen LogP contribution in [0.25, 0.3) is 0 Å². The number of urea groups is 1. The lowest BCUT2D eigenvalue weighted by atomic mass is 10.1. The molecule has 2 saturated heterocycles. The largest absolute Gasteiger partial charge is 0.481 e. The van der Waals surface area contributed by atoms with E-state index in [-0.39, 0.29) is 11.9 Å². The highest BCUT2D eigenvalue weighted by atomic mass is 16.4. The summed E-state index contributed by atoms with van der Waals surface area (Å²) in [6.45, 7) is 3.91. The van der Waals surface area contributed by atoms with Gasteiger partial charge in [0.15, 0.2) is 0 Å². The molecule has 2 amide bonds. The van der Waals surface area contributed by atoms with E-state index in [1.807, 2.05) is 4.90 Å². The summed E-state index contributed by atoms with van der Waals surface area (Å²) in [6, 6.07) is 0.386. The fourth-order valence-corrected chi connectivity index (χ4v) is 3.17. The van der Waals surface area contributed by atoms with Gasteiger partial charge in [-0.25, -0.2) is 4.79 Å². The zero-order valence-electron chi connectivity index (χ0n) is 11.7. The summed E-state index contributed by atoms with van der Waals surface area (Å²) in [5.74, 6) is -1.16. The smallest absolute Gasteiger partial charge is 0.320 e. The van der Waals surface area contributed by atoms with E-state index >= 15 is 0 Å². The predicted molar refractivity (Wildman–Crippen MR) is 72.0 cm³/mol. The molecule has 2 aliphatic rings. The fraction of sp³-hybridized carbons (Fsp3) is 0.857. The second-order valence-electron chi connectivity index (χ2n) is 5.66. The van der Waals surface area contributed by atoms with Crippen molar-refractivity contribution in [2.45, 2.75) is 51.5 Å². The maximum atomic E-state index is 12.5. The summed E-state index contributed by atoms with van der Waals surface area (Å²) in [7, 11) is 0. The molecule has 108 valence electrons. The number of carboxylic acid groups (broad SMARTS) is 1. The van der Waals surface area contributed by atoms with E-state index in [1.54, 1.807) is 4.90 Å². The molecule has 0 saturated carbocycles. The first-order valence-electron chi connectivity index (χ1n) is 7.41. The Kier molecular flexibility index (Phi) is 4.66. The van der Waals surface area contributed by atoms with Crippen molar-refractivity contribution in [3.05, 3.63) is 0 Å². The molecule has 19 heavy (non-hydrogen) atoms. The first kappa shape index (κ1) is 14.2. The maximum Gasteiger partial charge on any atom is 0.320 e. The summed E-state index contributed by atoms with van der Waals surface area (Å²) < 4.78 is 0. The van der Waals surface area contributed by atoms with Crippen molar-refractivity contribution < 1.29 is 14.7 Å². The molecule has 2 atom stereocenters. The van der Waals surface area contributed by atoms with E-state index in [0.717, 1.165) is 25.8 Å². The molecule has 2 fully saturated rings. The number of carbonyl (C=O) groups excluding carboxylic acids is 1. The Hall–Kier alpha value is -1.26. The molecule has 0 spiro atoms. The Morgan fingerprint density at radius 3 is 2.58 bits per heavy atom. The van der Waals surface area contributed by atoms with Crippen molar-refractivity contribution >= 4 is 12.0 Å². The second kappa shape index (κ2) is 6.26. The Balaban J connectivity index is 1.99. The van der Waals surface area contributed by atoms with Gasteiger partial charge in [0.2, 0.25) is 0 Å². The van der Waals surface area contributed by atoms with Gasteiger partial charge in [-0.05, 0) is 25.7 Å². The molecular weight excluding hydrogens is 244 g/mol. The zero-order chi connectivity index (χ0) is 13.8. The minimum Gasteiger partial charge on any atom is -0.481 e. The Bertz CT molecular complexity index is 346. The zero-order valence-corrected chi connectivity index (χ0v) is 11.7. The maximum absolute atomic E-state index is 12.5.